The average Bonchev–Trinajstić information content (AvgIpc) is 3.36. The number of H-pyrrole nitrogens is 1. The van der Waals surface area contributed by atoms with Gasteiger partial charge in [-0.1, -0.05) is 12.1 Å². The van der Waals surface area contributed by atoms with Crippen LogP contribution >= 0.6 is 0 Å². The van der Waals surface area contributed by atoms with Crippen molar-refractivity contribution in [2.24, 2.45) is 0 Å². The molecule has 3 N–H and O–H groups in total. The molecule has 4 aromatic rings. The molecule has 30 heavy (non-hydrogen) atoms. The van der Waals surface area contributed by atoms with Gasteiger partial charge in [-0.2, -0.15) is 0 Å². The Labute approximate surface area is 172 Å². The predicted octanol–water partition coefficient (Wildman–Crippen LogP) is 4.50. The van der Waals surface area contributed by atoms with Crippen LogP contribution < -0.4 is 10.6 Å². The third-order valence-electron chi connectivity index (χ3n) is 4.76. The Balaban J connectivity index is 1.51. The molecular formula is C23H20FN3O3. The molecule has 0 radical (unpaired) electrons. The van der Waals surface area contributed by atoms with E-state index in [-0.39, 0.29) is 11.7 Å². The van der Waals surface area contributed by atoms with Crippen LogP contribution in [-0.4, -0.2) is 23.3 Å². The lowest BCUT2D eigenvalue weighted by molar-refractivity contribution is -0.118. The first kappa shape index (κ1) is 19.4. The maximum atomic E-state index is 13.9. The highest BCUT2D eigenvalue weighted by Gasteiger charge is 2.15. The van der Waals surface area contributed by atoms with Gasteiger partial charge >= 0.3 is 0 Å². The summed E-state index contributed by atoms with van der Waals surface area (Å²) < 4.78 is 19.5. The molecule has 0 bridgehead atoms. The molecule has 4 rings (SSSR count). The first-order valence-electron chi connectivity index (χ1n) is 9.52. The van der Waals surface area contributed by atoms with Gasteiger partial charge in [-0.15, -0.1) is 0 Å². The van der Waals surface area contributed by atoms with E-state index in [1.165, 1.54) is 19.1 Å². The van der Waals surface area contributed by atoms with Gasteiger partial charge in [0.15, 0.2) is 5.76 Å². The van der Waals surface area contributed by atoms with Gasteiger partial charge in [0.1, 0.15) is 11.6 Å². The molecule has 0 aliphatic carbocycles. The molecule has 0 saturated carbocycles. The van der Waals surface area contributed by atoms with Crippen LogP contribution in [0.1, 0.15) is 23.0 Å². The first-order chi connectivity index (χ1) is 14.5. The lowest BCUT2D eigenvalue weighted by Crippen LogP contribution is -2.22. The van der Waals surface area contributed by atoms with Crippen LogP contribution in [-0.2, 0) is 11.2 Å². The number of halogens is 1. The molecule has 2 aromatic carbocycles. The summed E-state index contributed by atoms with van der Waals surface area (Å²) in [6.07, 6.45) is 2.56. The second-order valence-electron chi connectivity index (χ2n) is 6.91. The molecule has 0 aliphatic rings. The molecule has 6 nitrogen and oxygen atoms in total. The van der Waals surface area contributed by atoms with Gasteiger partial charge in [-0.05, 0) is 54.4 Å². The van der Waals surface area contributed by atoms with E-state index in [0.29, 0.717) is 30.0 Å². The fraction of sp³-hybridized carbons (Fsp3) is 0.130. The number of anilines is 1. The van der Waals surface area contributed by atoms with E-state index in [0.717, 1.165) is 16.5 Å². The molecule has 0 unspecified atom stereocenters. The monoisotopic (exact) mass is 405 g/mol. The third kappa shape index (κ3) is 4.10. The minimum Gasteiger partial charge on any atom is -0.451 e. The third-order valence-corrected chi connectivity index (χ3v) is 4.76. The Morgan fingerprint density at radius 1 is 1.10 bits per heavy atom. The summed E-state index contributed by atoms with van der Waals surface area (Å²) in [6.45, 7) is 2.01. The van der Waals surface area contributed by atoms with Crippen LogP contribution in [0.2, 0.25) is 0 Å². The Hall–Kier alpha value is -3.87. The highest BCUT2D eigenvalue weighted by Crippen LogP contribution is 2.26. The molecular weight excluding hydrogens is 385 g/mol. The summed E-state index contributed by atoms with van der Waals surface area (Å²) in [5.74, 6) is -0.528. The number of hydrogen-bond acceptors (Lipinski definition) is 3. The highest BCUT2D eigenvalue weighted by atomic mass is 19.1. The summed E-state index contributed by atoms with van der Waals surface area (Å²) in [5, 5.41) is 6.55. The summed E-state index contributed by atoms with van der Waals surface area (Å²) in [4.78, 5) is 26.8. The molecule has 2 heterocycles. The van der Waals surface area contributed by atoms with Gasteiger partial charge in [0.05, 0.1) is 5.56 Å². The van der Waals surface area contributed by atoms with Crippen molar-refractivity contribution in [2.45, 2.75) is 13.3 Å². The quantitative estimate of drug-likeness (QED) is 0.441. The number of benzene rings is 2. The maximum absolute atomic E-state index is 13.9. The Morgan fingerprint density at radius 3 is 2.73 bits per heavy atom. The van der Waals surface area contributed by atoms with Crippen LogP contribution in [0.3, 0.4) is 0 Å². The van der Waals surface area contributed by atoms with Gasteiger partial charge in [-0.3, -0.25) is 9.59 Å². The first-order valence-corrected chi connectivity index (χ1v) is 9.52. The van der Waals surface area contributed by atoms with Crippen LogP contribution in [0.5, 0.6) is 0 Å². The molecule has 7 heteroatoms. The number of carbonyl (C=O) groups excluding carboxylic acids is 2. The number of carbonyl (C=O) groups is 2. The number of aromatic nitrogens is 1. The van der Waals surface area contributed by atoms with Gasteiger partial charge in [-0.25, -0.2) is 4.39 Å². The summed E-state index contributed by atoms with van der Waals surface area (Å²) in [6, 6.07) is 14.9. The van der Waals surface area contributed by atoms with Crippen molar-refractivity contribution >= 4 is 28.4 Å². The van der Waals surface area contributed by atoms with E-state index in [4.69, 9.17) is 4.42 Å². The Bertz CT molecular complexity index is 1230. The van der Waals surface area contributed by atoms with Gasteiger partial charge < -0.3 is 20.0 Å². The smallest absolute Gasteiger partial charge is 0.291 e. The van der Waals surface area contributed by atoms with Crippen molar-refractivity contribution in [2.75, 3.05) is 11.9 Å². The lowest BCUT2D eigenvalue weighted by Gasteiger charge is -2.05. The minimum atomic E-state index is -0.424. The van der Waals surface area contributed by atoms with Crippen molar-refractivity contribution in [1.82, 2.24) is 10.3 Å². The zero-order valence-corrected chi connectivity index (χ0v) is 16.3. The fourth-order valence-corrected chi connectivity index (χ4v) is 3.29. The van der Waals surface area contributed by atoms with Crippen molar-refractivity contribution in [1.29, 1.82) is 0 Å². The van der Waals surface area contributed by atoms with Crippen molar-refractivity contribution in [3.05, 3.63) is 77.9 Å². The van der Waals surface area contributed by atoms with Gasteiger partial charge in [0.2, 0.25) is 5.91 Å². The minimum absolute atomic E-state index is 0.0732. The molecule has 0 fully saturated rings. The number of aromatic amines is 1. The topological polar surface area (TPSA) is 87.1 Å². The van der Waals surface area contributed by atoms with Crippen LogP contribution in [0.4, 0.5) is 10.1 Å². The fourth-order valence-electron chi connectivity index (χ4n) is 3.29. The number of fused-ring (bicyclic) bond motifs is 1. The van der Waals surface area contributed by atoms with E-state index in [9.17, 15) is 14.0 Å². The van der Waals surface area contributed by atoms with Crippen LogP contribution in [0.15, 0.2) is 65.2 Å². The SMILES string of the molecule is CC(=O)NCCc1c[nH]c2ccc(NC(=O)c3ccc(-c4ccccc4F)o3)cc12. The van der Waals surface area contributed by atoms with E-state index in [1.54, 1.807) is 30.3 Å². The summed E-state index contributed by atoms with van der Waals surface area (Å²) in [7, 11) is 0. The Kier molecular flexibility index (Phi) is 5.34. The van der Waals surface area contributed by atoms with E-state index in [1.807, 2.05) is 18.3 Å². The number of amides is 2. The van der Waals surface area contributed by atoms with Gasteiger partial charge in [0, 0.05) is 36.3 Å². The lowest BCUT2D eigenvalue weighted by atomic mass is 10.1. The molecule has 2 aromatic heterocycles. The molecule has 152 valence electrons. The molecule has 0 aliphatic heterocycles. The Morgan fingerprint density at radius 2 is 1.93 bits per heavy atom. The molecule has 2 amide bonds. The number of furan rings is 1. The average molecular weight is 405 g/mol. The zero-order chi connectivity index (χ0) is 21.1. The van der Waals surface area contributed by atoms with Crippen molar-refractivity contribution in [3.63, 3.8) is 0 Å². The summed E-state index contributed by atoms with van der Waals surface area (Å²) in [5.41, 5.74) is 2.88. The number of rotatable bonds is 6. The van der Waals surface area contributed by atoms with Crippen molar-refractivity contribution < 1.29 is 18.4 Å². The standard InChI is InChI=1S/C23H20FN3O3/c1-14(28)25-11-10-15-13-26-20-7-6-16(12-18(15)20)27-23(29)22-9-8-21(30-22)17-4-2-3-5-19(17)24/h2-9,12-13,26H,10-11H2,1H3,(H,25,28)(H,27,29). The predicted molar refractivity (Wildman–Crippen MR) is 113 cm³/mol. The van der Waals surface area contributed by atoms with Crippen LogP contribution in [0.25, 0.3) is 22.2 Å². The maximum Gasteiger partial charge on any atom is 0.291 e. The second kappa shape index (κ2) is 8.24. The van der Waals surface area contributed by atoms with E-state index < -0.39 is 11.7 Å². The molecule has 0 spiro atoms. The van der Waals surface area contributed by atoms with Crippen molar-refractivity contribution in [3.8, 4) is 11.3 Å². The normalized spacial score (nSPS) is 10.9. The van der Waals surface area contributed by atoms with E-state index >= 15 is 0 Å². The zero-order valence-electron chi connectivity index (χ0n) is 16.3. The van der Waals surface area contributed by atoms with Gasteiger partial charge in [0.25, 0.3) is 5.91 Å². The summed E-state index contributed by atoms with van der Waals surface area (Å²) >= 11 is 0. The van der Waals surface area contributed by atoms with E-state index in [2.05, 4.69) is 15.6 Å². The second-order valence-corrected chi connectivity index (χ2v) is 6.91. The molecule has 0 saturated heterocycles. The highest BCUT2D eigenvalue weighted by molar-refractivity contribution is 6.03. The largest absolute Gasteiger partial charge is 0.451 e. The number of hydrogen-bond donors (Lipinski definition) is 3. The number of nitrogens with one attached hydrogen (secondary N) is 3. The van der Waals surface area contributed by atoms with Crippen LogP contribution in [0, 0.1) is 5.82 Å². The molecule has 0 atom stereocenters.